The van der Waals surface area contributed by atoms with Gasteiger partial charge in [0.15, 0.2) is 0 Å². The van der Waals surface area contributed by atoms with E-state index < -0.39 is 0 Å². The summed E-state index contributed by atoms with van der Waals surface area (Å²) >= 11 is 0. The van der Waals surface area contributed by atoms with Crippen LogP contribution in [0.5, 0.6) is 5.88 Å². The van der Waals surface area contributed by atoms with Gasteiger partial charge in [-0.2, -0.15) is 0 Å². The van der Waals surface area contributed by atoms with Gasteiger partial charge in [-0.1, -0.05) is 0 Å². The quantitative estimate of drug-likeness (QED) is 0.757. The molecule has 0 bridgehead atoms. The highest BCUT2D eigenvalue weighted by Gasteiger charge is 2.04. The van der Waals surface area contributed by atoms with Crippen LogP contribution in [-0.2, 0) is 6.42 Å². The van der Waals surface area contributed by atoms with Gasteiger partial charge in [0, 0.05) is 19.0 Å². The number of aromatic nitrogens is 1. The largest absolute Gasteiger partial charge is 0.481 e. The standard InChI is InChI=1S/C9H13FN2O/c1-11-6-5-8-7(10)3-4-9(12-8)13-2/h3-4,11H,5-6H2,1-2H3. The Hall–Kier alpha value is -1.16. The van der Waals surface area contributed by atoms with Gasteiger partial charge in [-0.3, -0.25) is 0 Å². The van der Waals surface area contributed by atoms with Crippen molar-refractivity contribution in [2.24, 2.45) is 0 Å². The molecule has 0 aliphatic heterocycles. The molecule has 1 aromatic rings. The zero-order chi connectivity index (χ0) is 9.68. The van der Waals surface area contributed by atoms with Gasteiger partial charge in [0.05, 0.1) is 12.8 Å². The third-order valence-corrected chi connectivity index (χ3v) is 1.71. The Labute approximate surface area is 76.9 Å². The summed E-state index contributed by atoms with van der Waals surface area (Å²) in [5, 5.41) is 2.93. The number of hydrogen-bond acceptors (Lipinski definition) is 3. The maximum Gasteiger partial charge on any atom is 0.213 e. The lowest BCUT2D eigenvalue weighted by Crippen LogP contribution is -2.12. The normalized spacial score (nSPS) is 10.1. The summed E-state index contributed by atoms with van der Waals surface area (Å²) in [5.74, 6) is 0.170. The number of ether oxygens (including phenoxy) is 1. The average molecular weight is 184 g/mol. The van der Waals surface area contributed by atoms with E-state index in [2.05, 4.69) is 10.3 Å². The highest BCUT2D eigenvalue weighted by molar-refractivity contribution is 5.17. The van der Waals surface area contributed by atoms with Gasteiger partial charge >= 0.3 is 0 Å². The molecular formula is C9H13FN2O. The van der Waals surface area contributed by atoms with Gasteiger partial charge in [0.1, 0.15) is 5.82 Å². The van der Waals surface area contributed by atoms with Crippen LogP contribution < -0.4 is 10.1 Å². The molecule has 0 aliphatic carbocycles. The summed E-state index contributed by atoms with van der Waals surface area (Å²) in [6, 6.07) is 2.88. The van der Waals surface area contributed by atoms with Crippen LogP contribution in [0.4, 0.5) is 4.39 Å². The number of nitrogens with one attached hydrogen (secondary N) is 1. The number of rotatable bonds is 4. The van der Waals surface area contributed by atoms with E-state index in [1.54, 1.807) is 0 Å². The number of nitrogens with zero attached hydrogens (tertiary/aromatic N) is 1. The average Bonchev–Trinajstić information content (AvgIpc) is 2.17. The number of methoxy groups -OCH3 is 1. The molecule has 0 aromatic carbocycles. The lowest BCUT2D eigenvalue weighted by molar-refractivity contribution is 0.393. The number of pyridine rings is 1. The van der Waals surface area contributed by atoms with Crippen LogP contribution in [0.1, 0.15) is 5.69 Å². The number of halogens is 1. The molecule has 1 aromatic heterocycles. The first kappa shape index (κ1) is 9.92. The maximum absolute atomic E-state index is 13.1. The first-order valence-corrected chi connectivity index (χ1v) is 4.12. The zero-order valence-electron chi connectivity index (χ0n) is 7.80. The van der Waals surface area contributed by atoms with Gasteiger partial charge in [-0.15, -0.1) is 0 Å². The van der Waals surface area contributed by atoms with E-state index in [0.29, 0.717) is 24.5 Å². The highest BCUT2D eigenvalue weighted by Crippen LogP contribution is 2.11. The third kappa shape index (κ3) is 2.66. The van der Waals surface area contributed by atoms with Crippen molar-refractivity contribution in [1.29, 1.82) is 0 Å². The van der Waals surface area contributed by atoms with E-state index in [4.69, 9.17) is 4.74 Å². The second-order valence-corrected chi connectivity index (χ2v) is 2.64. The molecule has 0 saturated carbocycles. The van der Waals surface area contributed by atoms with Gasteiger partial charge < -0.3 is 10.1 Å². The van der Waals surface area contributed by atoms with Crippen LogP contribution >= 0.6 is 0 Å². The zero-order valence-corrected chi connectivity index (χ0v) is 7.80. The minimum absolute atomic E-state index is 0.281. The lowest BCUT2D eigenvalue weighted by atomic mass is 10.2. The fraction of sp³-hybridized carbons (Fsp3) is 0.444. The van der Waals surface area contributed by atoms with E-state index in [9.17, 15) is 4.39 Å². The van der Waals surface area contributed by atoms with Crippen molar-refractivity contribution >= 4 is 0 Å². The second kappa shape index (κ2) is 4.77. The van der Waals surface area contributed by atoms with Crippen LogP contribution in [0.2, 0.25) is 0 Å². The second-order valence-electron chi connectivity index (χ2n) is 2.64. The van der Waals surface area contributed by atoms with Gasteiger partial charge in [0.25, 0.3) is 0 Å². The molecule has 0 radical (unpaired) electrons. The monoisotopic (exact) mass is 184 g/mol. The Balaban J connectivity index is 2.78. The fourth-order valence-electron chi connectivity index (χ4n) is 0.997. The topological polar surface area (TPSA) is 34.2 Å². The summed E-state index contributed by atoms with van der Waals surface area (Å²) in [6.07, 6.45) is 0.569. The van der Waals surface area contributed by atoms with Crippen molar-refractivity contribution in [3.63, 3.8) is 0 Å². The Morgan fingerprint density at radius 1 is 1.54 bits per heavy atom. The molecule has 4 heteroatoms. The summed E-state index contributed by atoms with van der Waals surface area (Å²) in [4.78, 5) is 3.99. The van der Waals surface area contributed by atoms with Crippen molar-refractivity contribution in [2.75, 3.05) is 20.7 Å². The Morgan fingerprint density at radius 3 is 2.92 bits per heavy atom. The highest BCUT2D eigenvalue weighted by atomic mass is 19.1. The Bertz CT molecular complexity index is 278. The molecule has 0 amide bonds. The molecule has 0 unspecified atom stereocenters. The molecule has 1 N–H and O–H groups in total. The molecule has 0 spiro atoms. The Morgan fingerprint density at radius 2 is 2.31 bits per heavy atom. The summed E-state index contributed by atoms with van der Waals surface area (Å²) in [5.41, 5.74) is 0.439. The maximum atomic E-state index is 13.1. The molecular weight excluding hydrogens is 171 g/mol. The third-order valence-electron chi connectivity index (χ3n) is 1.71. The molecule has 72 valence electrons. The molecule has 0 aliphatic rings. The summed E-state index contributed by atoms with van der Waals surface area (Å²) in [7, 11) is 3.33. The van der Waals surface area contributed by atoms with Crippen molar-refractivity contribution in [3.05, 3.63) is 23.6 Å². The molecule has 1 rings (SSSR count). The van der Waals surface area contributed by atoms with Crippen molar-refractivity contribution < 1.29 is 9.13 Å². The first-order chi connectivity index (χ1) is 6.27. The van der Waals surface area contributed by atoms with E-state index >= 15 is 0 Å². The van der Waals surface area contributed by atoms with E-state index in [1.165, 1.54) is 19.2 Å². The molecule has 13 heavy (non-hydrogen) atoms. The van der Waals surface area contributed by atoms with Gasteiger partial charge in [-0.25, -0.2) is 9.37 Å². The van der Waals surface area contributed by atoms with Crippen LogP contribution in [0, 0.1) is 5.82 Å². The van der Waals surface area contributed by atoms with Crippen molar-refractivity contribution in [2.45, 2.75) is 6.42 Å². The SMILES string of the molecule is CNCCc1nc(OC)ccc1F. The predicted octanol–water partition coefficient (Wildman–Crippen LogP) is 0.991. The number of likely N-dealkylation sites (N-methyl/N-ethyl adjacent to an activating group) is 1. The van der Waals surface area contributed by atoms with Crippen LogP contribution in [0.15, 0.2) is 12.1 Å². The fourth-order valence-corrected chi connectivity index (χ4v) is 0.997. The number of hydrogen-bond donors (Lipinski definition) is 1. The van der Waals surface area contributed by atoms with Crippen LogP contribution in [-0.4, -0.2) is 25.7 Å². The van der Waals surface area contributed by atoms with Crippen LogP contribution in [0.3, 0.4) is 0 Å². The molecule has 1 heterocycles. The van der Waals surface area contributed by atoms with E-state index in [1.807, 2.05) is 7.05 Å². The molecule has 3 nitrogen and oxygen atoms in total. The lowest BCUT2D eigenvalue weighted by Gasteiger charge is -2.04. The smallest absolute Gasteiger partial charge is 0.213 e. The Kier molecular flexibility index (Phi) is 3.64. The molecule has 0 saturated heterocycles. The van der Waals surface area contributed by atoms with E-state index in [0.717, 1.165) is 0 Å². The predicted molar refractivity (Wildman–Crippen MR) is 48.4 cm³/mol. The van der Waals surface area contributed by atoms with Gasteiger partial charge in [0.2, 0.25) is 5.88 Å². The van der Waals surface area contributed by atoms with E-state index in [-0.39, 0.29) is 5.82 Å². The molecule has 0 fully saturated rings. The summed E-state index contributed by atoms with van der Waals surface area (Å²) < 4.78 is 18.0. The molecule has 0 atom stereocenters. The van der Waals surface area contributed by atoms with Crippen LogP contribution in [0.25, 0.3) is 0 Å². The minimum atomic E-state index is -0.281. The summed E-state index contributed by atoms with van der Waals surface area (Å²) in [6.45, 7) is 0.705. The minimum Gasteiger partial charge on any atom is -0.481 e. The van der Waals surface area contributed by atoms with Gasteiger partial charge in [-0.05, 0) is 13.1 Å². The van der Waals surface area contributed by atoms with Crippen molar-refractivity contribution in [3.8, 4) is 5.88 Å². The van der Waals surface area contributed by atoms with Crippen molar-refractivity contribution in [1.82, 2.24) is 10.3 Å². The first-order valence-electron chi connectivity index (χ1n) is 4.12.